The van der Waals surface area contributed by atoms with Crippen LogP contribution in [0.2, 0.25) is 0 Å². The summed E-state index contributed by atoms with van der Waals surface area (Å²) < 4.78 is 0. The van der Waals surface area contributed by atoms with Crippen LogP contribution in [0.5, 0.6) is 0 Å². The van der Waals surface area contributed by atoms with Crippen molar-refractivity contribution in [2.45, 2.75) is 40.5 Å². The fourth-order valence-corrected chi connectivity index (χ4v) is 3.39. The Labute approximate surface area is 128 Å². The van der Waals surface area contributed by atoms with Gasteiger partial charge in [0.1, 0.15) is 0 Å². The predicted octanol–water partition coefficient (Wildman–Crippen LogP) is 5.89. The van der Waals surface area contributed by atoms with Gasteiger partial charge in [0.25, 0.3) is 0 Å². The number of aryl methyl sites for hydroxylation is 2. The molecule has 1 aliphatic carbocycles. The quantitative estimate of drug-likeness (QED) is 0.655. The molecule has 21 heavy (non-hydrogen) atoms. The highest BCUT2D eigenvalue weighted by Gasteiger charge is 2.24. The molecule has 0 bridgehead atoms. The first kappa shape index (κ1) is 14.1. The summed E-state index contributed by atoms with van der Waals surface area (Å²) in [6.07, 6.45) is 4.72. The molecular formula is C21H23. The van der Waals surface area contributed by atoms with Crippen LogP contribution in [0, 0.1) is 27.2 Å². The van der Waals surface area contributed by atoms with E-state index >= 15 is 0 Å². The molecule has 2 aromatic carbocycles. The summed E-state index contributed by atoms with van der Waals surface area (Å²) in [7, 11) is 0. The van der Waals surface area contributed by atoms with Gasteiger partial charge in [-0.1, -0.05) is 49.7 Å². The van der Waals surface area contributed by atoms with Gasteiger partial charge in [-0.15, -0.1) is 0 Å². The molecule has 0 fully saturated rings. The molecule has 0 atom stereocenters. The van der Waals surface area contributed by atoms with Crippen molar-refractivity contribution in [3.05, 3.63) is 76.2 Å². The molecule has 107 valence electrons. The summed E-state index contributed by atoms with van der Waals surface area (Å²) in [5.74, 6) is 0. The molecule has 0 unspecified atom stereocenters. The van der Waals surface area contributed by atoms with E-state index in [2.05, 4.69) is 70.5 Å². The average molecular weight is 275 g/mol. The summed E-state index contributed by atoms with van der Waals surface area (Å²) in [6, 6.07) is 13.3. The van der Waals surface area contributed by atoms with Gasteiger partial charge in [-0.2, -0.15) is 0 Å². The van der Waals surface area contributed by atoms with E-state index < -0.39 is 0 Å². The zero-order valence-electron chi connectivity index (χ0n) is 13.5. The standard InChI is InChI=1S/C21H23/c1-5-8-19-20(18-12-7-9-14(2)16(18)4)13-17-11-6-10-15(3)21(17)19/h6-7,9-13H,5,8H2,1-4H3. The Morgan fingerprint density at radius 2 is 1.57 bits per heavy atom. The van der Waals surface area contributed by atoms with Gasteiger partial charge in [0.05, 0.1) is 0 Å². The summed E-state index contributed by atoms with van der Waals surface area (Å²) in [5, 5.41) is 0. The van der Waals surface area contributed by atoms with Crippen LogP contribution in [0.3, 0.4) is 0 Å². The van der Waals surface area contributed by atoms with Crippen molar-refractivity contribution in [1.29, 1.82) is 0 Å². The minimum atomic E-state index is 1.15. The first-order valence-electron chi connectivity index (χ1n) is 7.88. The molecule has 1 radical (unpaired) electrons. The smallest absolute Gasteiger partial charge is 0.0214 e. The predicted molar refractivity (Wildman–Crippen MR) is 92.2 cm³/mol. The Morgan fingerprint density at radius 3 is 2.33 bits per heavy atom. The van der Waals surface area contributed by atoms with Crippen molar-refractivity contribution in [2.24, 2.45) is 0 Å². The Kier molecular flexibility index (Phi) is 3.71. The summed E-state index contributed by atoms with van der Waals surface area (Å²) >= 11 is 0. The molecule has 1 aliphatic rings. The van der Waals surface area contributed by atoms with E-state index in [0.717, 1.165) is 6.42 Å². The normalized spacial score (nSPS) is 13.7. The van der Waals surface area contributed by atoms with Crippen molar-refractivity contribution in [1.82, 2.24) is 0 Å². The molecular weight excluding hydrogens is 252 g/mol. The monoisotopic (exact) mass is 275 g/mol. The van der Waals surface area contributed by atoms with Gasteiger partial charge in [0.15, 0.2) is 0 Å². The fourth-order valence-electron chi connectivity index (χ4n) is 3.39. The van der Waals surface area contributed by atoms with Crippen LogP contribution >= 0.6 is 0 Å². The molecule has 3 rings (SSSR count). The van der Waals surface area contributed by atoms with E-state index in [1.165, 1.54) is 50.9 Å². The minimum absolute atomic E-state index is 1.15. The fraction of sp³-hybridized carbons (Fsp3) is 0.286. The van der Waals surface area contributed by atoms with Crippen molar-refractivity contribution in [3.63, 3.8) is 0 Å². The van der Waals surface area contributed by atoms with Crippen molar-refractivity contribution < 1.29 is 0 Å². The van der Waals surface area contributed by atoms with Gasteiger partial charge in [-0.25, -0.2) is 0 Å². The van der Waals surface area contributed by atoms with E-state index in [9.17, 15) is 0 Å². The van der Waals surface area contributed by atoms with Gasteiger partial charge in [-0.3, -0.25) is 0 Å². The van der Waals surface area contributed by atoms with E-state index in [1.54, 1.807) is 0 Å². The van der Waals surface area contributed by atoms with E-state index in [1.807, 2.05) is 0 Å². The number of allylic oxidation sites excluding steroid dienone is 2. The number of fused-ring (bicyclic) bond motifs is 1. The molecule has 0 aliphatic heterocycles. The lowest BCUT2D eigenvalue weighted by Gasteiger charge is -2.13. The van der Waals surface area contributed by atoms with Crippen LogP contribution in [-0.2, 0) is 0 Å². The lowest BCUT2D eigenvalue weighted by Crippen LogP contribution is -1.93. The topological polar surface area (TPSA) is 0 Å². The van der Waals surface area contributed by atoms with Gasteiger partial charge in [0.2, 0.25) is 0 Å². The molecule has 0 spiro atoms. The summed E-state index contributed by atoms with van der Waals surface area (Å²) in [5.41, 5.74) is 11.4. The van der Waals surface area contributed by atoms with Crippen LogP contribution in [0.4, 0.5) is 0 Å². The summed E-state index contributed by atoms with van der Waals surface area (Å²) in [6.45, 7) is 8.94. The highest BCUT2D eigenvalue weighted by molar-refractivity contribution is 6.03. The van der Waals surface area contributed by atoms with Gasteiger partial charge >= 0.3 is 0 Å². The van der Waals surface area contributed by atoms with Gasteiger partial charge in [0, 0.05) is 6.42 Å². The third-order valence-electron chi connectivity index (χ3n) is 4.63. The van der Waals surface area contributed by atoms with Crippen LogP contribution < -0.4 is 0 Å². The molecule has 2 aromatic rings. The second-order valence-electron chi connectivity index (χ2n) is 6.07. The highest BCUT2D eigenvalue weighted by atomic mass is 14.3. The number of hydrogen-bond acceptors (Lipinski definition) is 0. The van der Waals surface area contributed by atoms with Crippen LogP contribution in [0.1, 0.15) is 53.1 Å². The zero-order chi connectivity index (χ0) is 15.0. The molecule has 0 saturated carbocycles. The maximum atomic E-state index is 2.38. The Bertz CT molecular complexity index is 717. The number of benzene rings is 2. The Hall–Kier alpha value is -1.82. The van der Waals surface area contributed by atoms with Gasteiger partial charge < -0.3 is 0 Å². The zero-order valence-corrected chi connectivity index (χ0v) is 13.5. The van der Waals surface area contributed by atoms with Crippen LogP contribution in [-0.4, -0.2) is 0 Å². The molecule has 0 heterocycles. The van der Waals surface area contributed by atoms with E-state index in [-0.39, 0.29) is 0 Å². The van der Waals surface area contributed by atoms with Crippen molar-refractivity contribution in [2.75, 3.05) is 0 Å². The molecule has 0 aromatic heterocycles. The van der Waals surface area contributed by atoms with E-state index in [4.69, 9.17) is 0 Å². The lowest BCUT2D eigenvalue weighted by atomic mass is 9.91. The molecule has 0 amide bonds. The largest absolute Gasteiger partial charge is 0.0651 e. The Balaban J connectivity index is 2.21. The van der Waals surface area contributed by atoms with Crippen LogP contribution in [0.15, 0.2) is 36.4 Å². The highest BCUT2D eigenvalue weighted by Crippen LogP contribution is 2.44. The number of hydrogen-bond donors (Lipinski definition) is 0. The number of rotatable bonds is 3. The lowest BCUT2D eigenvalue weighted by molar-refractivity contribution is 0.975. The first-order chi connectivity index (χ1) is 10.1. The summed E-state index contributed by atoms with van der Waals surface area (Å²) in [4.78, 5) is 0. The Morgan fingerprint density at radius 1 is 0.857 bits per heavy atom. The van der Waals surface area contributed by atoms with Gasteiger partial charge in [-0.05, 0) is 71.7 Å². The SMILES string of the molecule is CCCC1=C(c2cccc(C)c2C)[CH]c2cccc(C)c21. The third-order valence-corrected chi connectivity index (χ3v) is 4.63. The van der Waals surface area contributed by atoms with Crippen LogP contribution in [0.25, 0.3) is 11.1 Å². The molecule has 0 nitrogen and oxygen atoms in total. The second-order valence-corrected chi connectivity index (χ2v) is 6.07. The third kappa shape index (κ3) is 2.33. The van der Waals surface area contributed by atoms with Crippen molar-refractivity contribution in [3.8, 4) is 0 Å². The molecule has 0 saturated heterocycles. The molecule has 0 heteroatoms. The second kappa shape index (κ2) is 5.52. The minimum Gasteiger partial charge on any atom is -0.0651 e. The maximum Gasteiger partial charge on any atom is 0.0214 e. The first-order valence-corrected chi connectivity index (χ1v) is 7.88. The van der Waals surface area contributed by atoms with E-state index in [0.29, 0.717) is 0 Å². The van der Waals surface area contributed by atoms with Crippen molar-refractivity contribution >= 4 is 11.1 Å². The average Bonchev–Trinajstić information content (AvgIpc) is 2.82. The maximum absolute atomic E-state index is 2.38. The molecule has 0 N–H and O–H groups in total.